The highest BCUT2D eigenvalue weighted by Gasteiger charge is 2.30. The van der Waals surface area contributed by atoms with Crippen molar-refractivity contribution in [1.29, 1.82) is 0 Å². The zero-order valence-electron chi connectivity index (χ0n) is 23.3. The number of piperazine rings is 1. The first-order valence-corrected chi connectivity index (χ1v) is 13.7. The van der Waals surface area contributed by atoms with Gasteiger partial charge < -0.3 is 35.8 Å². The Hall–Kier alpha value is -5.35. The van der Waals surface area contributed by atoms with Gasteiger partial charge in [-0.3, -0.25) is 19.2 Å². The van der Waals surface area contributed by atoms with Crippen LogP contribution in [-0.4, -0.2) is 109 Å². The molecule has 16 nitrogen and oxygen atoms in total. The van der Waals surface area contributed by atoms with Gasteiger partial charge in [-0.1, -0.05) is 11.6 Å². The molecule has 2 aromatic carbocycles. The summed E-state index contributed by atoms with van der Waals surface area (Å²) in [5.74, 6) is -4.56. The first kappa shape index (κ1) is 30.1. The number of carboxylic acid groups (broad SMARTS) is 1. The molecule has 0 bridgehead atoms. The van der Waals surface area contributed by atoms with Crippen LogP contribution < -0.4 is 16.0 Å². The van der Waals surface area contributed by atoms with Crippen LogP contribution in [0.1, 0.15) is 16.9 Å². The Kier molecular flexibility index (Phi) is 8.82. The molecule has 5 N–H and O–H groups in total. The van der Waals surface area contributed by atoms with E-state index in [1.807, 2.05) is 7.05 Å². The van der Waals surface area contributed by atoms with Gasteiger partial charge in [0.2, 0.25) is 11.8 Å². The Bertz CT molecular complexity index is 1730. The van der Waals surface area contributed by atoms with Crippen molar-refractivity contribution in [3.8, 4) is 5.69 Å². The predicted molar refractivity (Wildman–Crippen MR) is 157 cm³/mol. The number of carbonyl (C=O) groups excluding carboxylic acids is 4. The molecule has 228 valence electrons. The SMILES string of the molecule is CN1CCN(C(=O)C[C@H](NC(=O)C(=O)Nc2cc(Cl)ccc2-n2cnnn2)C(=O)Nc2ccc3[nH]c(C(=O)O)cc3c2)CC1. The third kappa shape index (κ3) is 6.99. The lowest BCUT2D eigenvalue weighted by Crippen LogP contribution is -2.52. The Morgan fingerprint density at radius 3 is 2.48 bits per heavy atom. The van der Waals surface area contributed by atoms with Crippen molar-refractivity contribution < 1.29 is 29.1 Å². The number of benzene rings is 2. The average Bonchev–Trinajstić information content (AvgIpc) is 3.67. The third-order valence-corrected chi connectivity index (χ3v) is 7.22. The van der Waals surface area contributed by atoms with Crippen molar-refractivity contribution in [2.24, 2.45) is 0 Å². The fourth-order valence-electron chi connectivity index (χ4n) is 4.61. The van der Waals surface area contributed by atoms with Gasteiger partial charge in [0.25, 0.3) is 0 Å². The zero-order valence-corrected chi connectivity index (χ0v) is 24.0. The van der Waals surface area contributed by atoms with Gasteiger partial charge in [0, 0.05) is 47.8 Å². The molecule has 5 rings (SSSR count). The number of aromatic nitrogens is 5. The number of carboxylic acids is 1. The Labute approximate surface area is 254 Å². The quantitative estimate of drug-likeness (QED) is 0.174. The molecule has 44 heavy (non-hydrogen) atoms. The van der Waals surface area contributed by atoms with Crippen LogP contribution in [0.15, 0.2) is 48.8 Å². The summed E-state index contributed by atoms with van der Waals surface area (Å²) in [7, 11) is 1.93. The fourth-order valence-corrected chi connectivity index (χ4v) is 4.78. The first-order chi connectivity index (χ1) is 21.1. The molecule has 1 aliphatic heterocycles. The van der Waals surface area contributed by atoms with E-state index >= 15 is 0 Å². The highest BCUT2D eigenvalue weighted by Crippen LogP contribution is 2.24. The molecule has 2 aromatic heterocycles. The van der Waals surface area contributed by atoms with Gasteiger partial charge in [0.15, 0.2) is 0 Å². The van der Waals surface area contributed by atoms with E-state index in [-0.39, 0.29) is 22.3 Å². The maximum Gasteiger partial charge on any atom is 0.352 e. The number of carbonyl (C=O) groups is 5. The molecule has 1 saturated heterocycles. The lowest BCUT2D eigenvalue weighted by atomic mass is 10.1. The molecule has 0 spiro atoms. The molecule has 1 fully saturated rings. The number of tetrazole rings is 1. The molecule has 0 unspecified atom stereocenters. The second kappa shape index (κ2) is 12.9. The van der Waals surface area contributed by atoms with E-state index in [0.29, 0.717) is 48.5 Å². The van der Waals surface area contributed by atoms with Crippen LogP contribution in [0.4, 0.5) is 11.4 Å². The number of aromatic amines is 1. The number of nitrogens with zero attached hydrogens (tertiary/aromatic N) is 6. The lowest BCUT2D eigenvalue weighted by molar-refractivity contribution is -0.139. The smallest absolute Gasteiger partial charge is 0.352 e. The Morgan fingerprint density at radius 1 is 1.00 bits per heavy atom. The summed E-state index contributed by atoms with van der Waals surface area (Å²) in [5, 5.41) is 28.4. The first-order valence-electron chi connectivity index (χ1n) is 13.4. The van der Waals surface area contributed by atoms with Crippen LogP contribution in [0.5, 0.6) is 0 Å². The maximum absolute atomic E-state index is 13.4. The van der Waals surface area contributed by atoms with Crippen molar-refractivity contribution in [2.45, 2.75) is 12.5 Å². The molecule has 0 radical (unpaired) electrons. The van der Waals surface area contributed by atoms with Gasteiger partial charge in [0.05, 0.1) is 17.8 Å². The minimum atomic E-state index is -1.42. The highest BCUT2D eigenvalue weighted by molar-refractivity contribution is 6.40. The number of nitrogens with one attached hydrogen (secondary N) is 4. The molecule has 17 heteroatoms. The van der Waals surface area contributed by atoms with Crippen molar-refractivity contribution in [3.63, 3.8) is 0 Å². The molecule has 0 aliphatic carbocycles. The highest BCUT2D eigenvalue weighted by atomic mass is 35.5. The molecule has 4 amide bonds. The summed E-state index contributed by atoms with van der Waals surface area (Å²) < 4.78 is 1.26. The van der Waals surface area contributed by atoms with Crippen LogP contribution in [-0.2, 0) is 19.2 Å². The normalized spacial score (nSPS) is 14.2. The molecule has 1 atom stereocenters. The minimum absolute atomic E-state index is 0.0275. The molecule has 0 saturated carbocycles. The second-order valence-electron chi connectivity index (χ2n) is 10.1. The van der Waals surface area contributed by atoms with Gasteiger partial charge in [0.1, 0.15) is 18.1 Å². The van der Waals surface area contributed by atoms with Crippen LogP contribution >= 0.6 is 11.6 Å². The van der Waals surface area contributed by atoms with Crippen molar-refractivity contribution in [2.75, 3.05) is 43.9 Å². The number of anilines is 2. The van der Waals surface area contributed by atoms with E-state index in [2.05, 4.69) is 41.4 Å². The summed E-state index contributed by atoms with van der Waals surface area (Å²) in [6.45, 7) is 2.19. The third-order valence-electron chi connectivity index (χ3n) is 6.98. The van der Waals surface area contributed by atoms with E-state index in [4.69, 9.17) is 11.6 Å². The van der Waals surface area contributed by atoms with Gasteiger partial charge >= 0.3 is 17.8 Å². The number of aromatic carboxylic acids is 1. The average molecular weight is 623 g/mol. The second-order valence-corrected chi connectivity index (χ2v) is 10.5. The van der Waals surface area contributed by atoms with Gasteiger partial charge in [-0.25, -0.2) is 4.79 Å². The monoisotopic (exact) mass is 622 g/mol. The maximum atomic E-state index is 13.4. The number of halogens is 1. The standard InChI is InChI=1S/C27H27ClN10O6/c1-36-6-8-37(9-7-36)23(39)13-20(24(40)30-17-3-4-18-15(10-17)11-21(31-18)27(43)44)33-26(42)25(41)32-19-12-16(28)2-5-22(19)38-14-29-34-35-38/h2-5,10-12,14,20,31H,6-9,13H2,1H3,(H,30,40)(H,32,41)(H,33,42)(H,43,44)/t20-/m0/s1. The zero-order chi connectivity index (χ0) is 31.4. The largest absolute Gasteiger partial charge is 0.477 e. The topological polar surface area (TPSA) is 208 Å². The summed E-state index contributed by atoms with van der Waals surface area (Å²) in [6, 6.07) is 9.14. The van der Waals surface area contributed by atoms with Gasteiger partial charge in [-0.05, 0) is 59.9 Å². The number of amides is 4. The van der Waals surface area contributed by atoms with Crippen LogP contribution in [0, 0.1) is 0 Å². The number of likely N-dealkylation sites (N-methyl/N-ethyl adjacent to an activating group) is 1. The minimum Gasteiger partial charge on any atom is -0.477 e. The predicted octanol–water partition coefficient (Wildman–Crippen LogP) is 0.721. The summed E-state index contributed by atoms with van der Waals surface area (Å²) in [4.78, 5) is 70.3. The number of hydrogen-bond donors (Lipinski definition) is 5. The number of fused-ring (bicyclic) bond motifs is 1. The van der Waals surface area contributed by atoms with Crippen molar-refractivity contribution in [3.05, 3.63) is 59.5 Å². The van der Waals surface area contributed by atoms with Crippen LogP contribution in [0.2, 0.25) is 5.02 Å². The molecule has 3 heterocycles. The summed E-state index contributed by atoms with van der Waals surface area (Å²) in [5.41, 5.74) is 1.25. The molecular weight excluding hydrogens is 596 g/mol. The number of hydrogen-bond acceptors (Lipinski definition) is 9. The number of rotatable bonds is 8. The molecular formula is C27H27ClN10O6. The van der Waals surface area contributed by atoms with E-state index < -0.39 is 36.2 Å². The lowest BCUT2D eigenvalue weighted by Gasteiger charge is -2.33. The van der Waals surface area contributed by atoms with Crippen LogP contribution in [0.25, 0.3) is 16.6 Å². The number of H-pyrrole nitrogens is 1. The summed E-state index contributed by atoms with van der Waals surface area (Å²) >= 11 is 6.10. The van der Waals surface area contributed by atoms with Crippen LogP contribution in [0.3, 0.4) is 0 Å². The van der Waals surface area contributed by atoms with E-state index in [1.54, 1.807) is 23.1 Å². The fraction of sp³-hybridized carbons (Fsp3) is 0.259. The van der Waals surface area contributed by atoms with E-state index in [1.165, 1.54) is 35.3 Å². The Morgan fingerprint density at radius 2 is 1.77 bits per heavy atom. The van der Waals surface area contributed by atoms with Gasteiger partial charge in [-0.2, -0.15) is 4.68 Å². The summed E-state index contributed by atoms with van der Waals surface area (Å²) in [6.07, 6.45) is 0.883. The van der Waals surface area contributed by atoms with Crippen molar-refractivity contribution in [1.82, 2.24) is 40.3 Å². The van der Waals surface area contributed by atoms with Gasteiger partial charge in [-0.15, -0.1) is 5.10 Å². The van der Waals surface area contributed by atoms with Crippen molar-refractivity contribution >= 4 is 63.5 Å². The molecule has 4 aromatic rings. The van der Waals surface area contributed by atoms with E-state index in [0.717, 1.165) is 0 Å². The Balaban J connectivity index is 1.33. The molecule has 1 aliphatic rings. The van der Waals surface area contributed by atoms with E-state index in [9.17, 15) is 29.1 Å².